The van der Waals surface area contributed by atoms with Gasteiger partial charge < -0.3 is 11.5 Å². The Morgan fingerprint density at radius 1 is 1.03 bits per heavy atom. The van der Waals surface area contributed by atoms with Crippen LogP contribution in [-0.2, 0) is 33.0 Å². The molecular formula is C17H19N9O4S3. The molecule has 0 unspecified atom stereocenters. The largest absolute Gasteiger partial charge is 0.330 e. The van der Waals surface area contributed by atoms with Crippen molar-refractivity contribution in [2.75, 3.05) is 6.54 Å². The summed E-state index contributed by atoms with van der Waals surface area (Å²) in [7, 11) is -9.17. The van der Waals surface area contributed by atoms with E-state index in [1.165, 1.54) is 11.3 Å². The van der Waals surface area contributed by atoms with Crippen molar-refractivity contribution in [3.8, 4) is 22.5 Å². The molecule has 2 aromatic heterocycles. The smallest absolute Gasteiger partial charge is 0.240 e. The highest BCUT2D eigenvalue weighted by Gasteiger charge is 2.33. The van der Waals surface area contributed by atoms with E-state index in [2.05, 4.69) is 25.6 Å². The zero-order chi connectivity index (χ0) is 24.0. The van der Waals surface area contributed by atoms with Crippen LogP contribution in [0.1, 0.15) is 10.6 Å². The number of rotatable bonds is 7. The zero-order valence-corrected chi connectivity index (χ0v) is 19.3. The van der Waals surface area contributed by atoms with Gasteiger partial charge in [0, 0.05) is 12.1 Å². The van der Waals surface area contributed by atoms with E-state index < -0.39 is 29.8 Å². The summed E-state index contributed by atoms with van der Waals surface area (Å²) in [6, 6.07) is 6.47. The molecule has 9 N–H and O–H groups in total. The van der Waals surface area contributed by atoms with Crippen molar-refractivity contribution in [2.24, 2.45) is 21.7 Å². The molecule has 174 valence electrons. The second-order valence-corrected chi connectivity index (χ2v) is 11.1. The number of hydrogen-bond donors (Lipinski definition) is 5. The topological polar surface area (TPSA) is 240 Å². The van der Waals surface area contributed by atoms with Gasteiger partial charge in [0.15, 0.2) is 0 Å². The van der Waals surface area contributed by atoms with Crippen LogP contribution >= 0.6 is 11.3 Å². The number of aromatic nitrogens is 5. The number of primary sulfonamides is 2. The van der Waals surface area contributed by atoms with E-state index in [1.807, 2.05) is 6.07 Å². The molecule has 13 nitrogen and oxygen atoms in total. The third-order valence-electron chi connectivity index (χ3n) is 4.81. The fraction of sp³-hybridized carbons (Fsp3) is 0.176. The standard InChI is InChI=1S/C17H19N9O4S3/c18-5-4-8-6-11(32(20,27)28)16(33(21,29)30)14(17-23-25-26-24-17)13(8)9-2-1-3-10-15(9)22-12(7-19)31-10/h1-3,6H,4-5,7,18-19H2,(H2,20,27,28)(H2,21,29,30)(H,23,24,25,26). The van der Waals surface area contributed by atoms with Crippen molar-refractivity contribution in [3.05, 3.63) is 34.8 Å². The average molecular weight is 510 g/mol. The van der Waals surface area contributed by atoms with Crippen molar-refractivity contribution in [1.29, 1.82) is 0 Å². The van der Waals surface area contributed by atoms with Crippen LogP contribution in [0.15, 0.2) is 34.1 Å². The maximum Gasteiger partial charge on any atom is 0.240 e. The number of aromatic amines is 1. The number of sulfonamides is 2. The molecule has 0 atom stereocenters. The second-order valence-electron chi connectivity index (χ2n) is 6.94. The summed E-state index contributed by atoms with van der Waals surface area (Å²) < 4.78 is 51.0. The van der Waals surface area contributed by atoms with Gasteiger partial charge in [0.25, 0.3) is 0 Å². The number of para-hydroxylation sites is 1. The molecule has 2 heterocycles. The number of nitrogens with zero attached hydrogens (tertiary/aromatic N) is 4. The number of nitrogens with two attached hydrogens (primary N) is 4. The van der Waals surface area contributed by atoms with Gasteiger partial charge in [-0.3, -0.25) is 0 Å². The van der Waals surface area contributed by atoms with Gasteiger partial charge in [-0.15, -0.1) is 21.5 Å². The Balaban J connectivity index is 2.28. The highest BCUT2D eigenvalue weighted by molar-refractivity contribution is 7.92. The molecule has 0 amide bonds. The zero-order valence-electron chi connectivity index (χ0n) is 16.9. The van der Waals surface area contributed by atoms with Crippen LogP contribution in [0.3, 0.4) is 0 Å². The predicted octanol–water partition coefficient (Wildman–Crippen LogP) is -0.602. The first kappa shape index (κ1) is 23.3. The lowest BCUT2D eigenvalue weighted by molar-refractivity contribution is 0.584. The van der Waals surface area contributed by atoms with Crippen LogP contribution in [0.2, 0.25) is 0 Å². The number of nitrogens with one attached hydrogen (secondary N) is 1. The molecule has 0 aliphatic carbocycles. The quantitative estimate of drug-likeness (QED) is 0.212. The molecule has 16 heteroatoms. The Hall–Kier alpha value is -2.86. The van der Waals surface area contributed by atoms with Gasteiger partial charge in [0.1, 0.15) is 14.8 Å². The number of tetrazole rings is 1. The van der Waals surface area contributed by atoms with Gasteiger partial charge in [-0.05, 0) is 41.4 Å². The summed E-state index contributed by atoms with van der Waals surface area (Å²) in [6.45, 7) is 0.331. The summed E-state index contributed by atoms with van der Waals surface area (Å²) >= 11 is 1.38. The lowest BCUT2D eigenvalue weighted by Crippen LogP contribution is -2.23. The van der Waals surface area contributed by atoms with Crippen molar-refractivity contribution < 1.29 is 16.8 Å². The summed E-state index contributed by atoms with van der Waals surface area (Å²) in [4.78, 5) is 3.14. The van der Waals surface area contributed by atoms with E-state index in [-0.39, 0.29) is 30.9 Å². The third-order valence-corrected chi connectivity index (χ3v) is 7.91. The number of benzene rings is 2. The normalized spacial score (nSPS) is 12.5. The fourth-order valence-corrected chi connectivity index (χ4v) is 6.67. The first-order valence-corrected chi connectivity index (χ1v) is 13.3. The van der Waals surface area contributed by atoms with Crippen LogP contribution < -0.4 is 21.7 Å². The fourth-order valence-electron chi connectivity index (χ4n) is 3.61. The summed E-state index contributed by atoms with van der Waals surface area (Å²) in [6.07, 6.45) is 0.178. The summed E-state index contributed by atoms with van der Waals surface area (Å²) in [5.74, 6) is -0.191. The molecule has 33 heavy (non-hydrogen) atoms. The van der Waals surface area contributed by atoms with Gasteiger partial charge >= 0.3 is 0 Å². The van der Waals surface area contributed by atoms with Crippen LogP contribution in [-0.4, -0.2) is 49.0 Å². The van der Waals surface area contributed by atoms with E-state index in [0.29, 0.717) is 27.2 Å². The Bertz CT molecular complexity index is 1560. The number of fused-ring (bicyclic) bond motifs is 1. The SMILES string of the molecule is NCCc1cc(S(N)(=O)=O)c(S(N)(=O)=O)c(-c2nn[nH]n2)c1-c1cccc2sc(CN)nc12. The van der Waals surface area contributed by atoms with E-state index in [1.54, 1.807) is 12.1 Å². The molecule has 0 saturated carbocycles. The molecule has 0 bridgehead atoms. The van der Waals surface area contributed by atoms with Gasteiger partial charge in [-0.2, -0.15) is 5.21 Å². The second kappa shape index (κ2) is 8.49. The Morgan fingerprint density at radius 2 is 1.79 bits per heavy atom. The molecule has 4 rings (SSSR count). The minimum atomic E-state index is -4.64. The van der Waals surface area contributed by atoms with Gasteiger partial charge in [0.2, 0.25) is 25.9 Å². The highest BCUT2D eigenvalue weighted by Crippen LogP contribution is 2.43. The number of H-pyrrole nitrogens is 1. The molecular weight excluding hydrogens is 490 g/mol. The van der Waals surface area contributed by atoms with E-state index in [4.69, 9.17) is 21.7 Å². The van der Waals surface area contributed by atoms with Crippen LogP contribution in [0.5, 0.6) is 0 Å². The van der Waals surface area contributed by atoms with Crippen molar-refractivity contribution in [1.82, 2.24) is 25.6 Å². The Morgan fingerprint density at radius 3 is 2.36 bits per heavy atom. The Kier molecular flexibility index (Phi) is 5.99. The van der Waals surface area contributed by atoms with Gasteiger partial charge in [-0.25, -0.2) is 32.1 Å². The molecule has 0 spiro atoms. The number of thiazole rings is 1. The lowest BCUT2D eigenvalue weighted by Gasteiger charge is -2.19. The number of hydrogen-bond acceptors (Lipinski definition) is 11. The molecule has 2 aromatic carbocycles. The van der Waals surface area contributed by atoms with Crippen molar-refractivity contribution in [2.45, 2.75) is 22.8 Å². The predicted molar refractivity (Wildman–Crippen MR) is 122 cm³/mol. The lowest BCUT2D eigenvalue weighted by atomic mass is 9.91. The van der Waals surface area contributed by atoms with Gasteiger partial charge in [0.05, 0.1) is 15.8 Å². The average Bonchev–Trinajstić information content (AvgIpc) is 3.41. The molecule has 0 saturated heterocycles. The van der Waals surface area contributed by atoms with Gasteiger partial charge in [-0.1, -0.05) is 12.1 Å². The maximum atomic E-state index is 12.7. The first-order valence-electron chi connectivity index (χ1n) is 9.34. The van der Waals surface area contributed by atoms with Crippen molar-refractivity contribution >= 4 is 41.6 Å². The molecule has 4 aromatic rings. The van der Waals surface area contributed by atoms with Crippen molar-refractivity contribution in [3.63, 3.8) is 0 Å². The summed E-state index contributed by atoms with van der Waals surface area (Å²) in [5, 5.41) is 25.1. The molecule has 0 radical (unpaired) electrons. The summed E-state index contributed by atoms with van der Waals surface area (Å²) in [5.41, 5.74) is 13.1. The Labute approximate surface area is 192 Å². The minimum Gasteiger partial charge on any atom is -0.330 e. The molecule has 0 fully saturated rings. The maximum absolute atomic E-state index is 12.7. The molecule has 0 aliphatic rings. The van der Waals surface area contributed by atoms with Crippen LogP contribution in [0, 0.1) is 0 Å². The van der Waals surface area contributed by atoms with E-state index >= 15 is 0 Å². The van der Waals surface area contributed by atoms with E-state index in [9.17, 15) is 16.8 Å². The minimum absolute atomic E-state index is 0.124. The molecule has 0 aliphatic heterocycles. The van der Waals surface area contributed by atoms with E-state index in [0.717, 1.165) is 10.8 Å². The first-order chi connectivity index (χ1) is 15.6. The monoisotopic (exact) mass is 509 g/mol. The highest BCUT2D eigenvalue weighted by atomic mass is 32.2. The van der Waals surface area contributed by atoms with Crippen LogP contribution in [0.4, 0.5) is 0 Å². The third kappa shape index (κ3) is 4.24. The van der Waals surface area contributed by atoms with Crippen LogP contribution in [0.25, 0.3) is 32.7 Å².